The van der Waals surface area contributed by atoms with Gasteiger partial charge in [-0.2, -0.15) is 0 Å². The molecule has 0 atom stereocenters. The van der Waals surface area contributed by atoms with Crippen molar-refractivity contribution in [2.45, 2.75) is 20.0 Å². The molecular formula is C3H7BNO. The maximum atomic E-state index is 4.63. The molecule has 1 radical (unpaired) electrons. The van der Waals surface area contributed by atoms with Crippen molar-refractivity contribution in [1.82, 2.24) is 0 Å². The van der Waals surface area contributed by atoms with E-state index in [1.807, 2.05) is 13.8 Å². The van der Waals surface area contributed by atoms with Gasteiger partial charge in [-0.05, 0) is 0 Å². The molecule has 0 heterocycles. The van der Waals surface area contributed by atoms with Crippen LogP contribution < -0.4 is 0 Å². The normalized spacial score (nSPS) is 8.33. The Morgan fingerprint density at radius 1 is 1.67 bits per heavy atom. The third kappa shape index (κ3) is 3.66. The summed E-state index contributed by atoms with van der Waals surface area (Å²) in [5.41, 5.74) is 0. The van der Waals surface area contributed by atoms with Crippen molar-refractivity contribution >= 4 is 7.64 Å². The van der Waals surface area contributed by atoms with Crippen molar-refractivity contribution in [2.75, 3.05) is 0 Å². The molecule has 0 amide bonds. The van der Waals surface area contributed by atoms with Crippen LogP contribution >= 0.6 is 0 Å². The standard InChI is InChI=1S/C3H7BNO/c1-3(2)6-5-4/h3H,1-2H3. The van der Waals surface area contributed by atoms with E-state index in [1.165, 1.54) is 0 Å². The Hall–Kier alpha value is -0.335. The first-order chi connectivity index (χ1) is 2.77. The molecule has 0 saturated carbocycles. The Labute approximate surface area is 38.6 Å². The van der Waals surface area contributed by atoms with E-state index in [9.17, 15) is 0 Å². The summed E-state index contributed by atoms with van der Waals surface area (Å²) in [4.78, 5) is 4.44. The van der Waals surface area contributed by atoms with Gasteiger partial charge in [-0.3, -0.25) is 0 Å². The Morgan fingerprint density at radius 3 is 2.17 bits per heavy atom. The second-order valence-corrected chi connectivity index (χ2v) is 1.26. The van der Waals surface area contributed by atoms with Crippen molar-refractivity contribution < 1.29 is 4.84 Å². The molecule has 0 bridgehead atoms. The van der Waals surface area contributed by atoms with Gasteiger partial charge in [0.1, 0.15) is 0 Å². The summed E-state index contributed by atoms with van der Waals surface area (Å²) >= 11 is 0. The van der Waals surface area contributed by atoms with Gasteiger partial charge in [0, 0.05) is 0 Å². The zero-order valence-corrected chi connectivity index (χ0v) is 4.01. The fraction of sp³-hybridized carbons (Fsp3) is 1.00. The first kappa shape index (κ1) is 5.66. The summed E-state index contributed by atoms with van der Waals surface area (Å²) < 4.78 is 0. The van der Waals surface area contributed by atoms with Crippen LogP contribution in [-0.4, -0.2) is 13.7 Å². The van der Waals surface area contributed by atoms with Crippen LogP contribution in [0.25, 0.3) is 0 Å². The number of hydrogen-bond acceptors (Lipinski definition) is 2. The molecule has 0 aliphatic carbocycles. The van der Waals surface area contributed by atoms with Crippen LogP contribution in [-0.2, 0) is 4.84 Å². The molecule has 0 rings (SSSR count). The average molecular weight is 83.9 g/mol. The maximum absolute atomic E-state index is 4.63. The van der Waals surface area contributed by atoms with Crippen molar-refractivity contribution in [3.8, 4) is 0 Å². The summed E-state index contributed by atoms with van der Waals surface area (Å²) in [6.45, 7) is 3.72. The fourth-order valence-electron chi connectivity index (χ4n) is 0.122. The molecule has 0 aromatic heterocycles. The molecule has 0 saturated heterocycles. The van der Waals surface area contributed by atoms with E-state index in [0.717, 1.165) is 0 Å². The summed E-state index contributed by atoms with van der Waals surface area (Å²) in [5, 5.41) is 2.94. The zero-order chi connectivity index (χ0) is 4.99. The molecule has 0 aliphatic rings. The first-order valence-corrected chi connectivity index (χ1v) is 1.83. The van der Waals surface area contributed by atoms with E-state index in [-0.39, 0.29) is 6.10 Å². The molecule has 0 unspecified atom stereocenters. The van der Waals surface area contributed by atoms with E-state index in [4.69, 9.17) is 0 Å². The zero-order valence-electron chi connectivity index (χ0n) is 4.01. The summed E-state index contributed by atoms with van der Waals surface area (Å²) in [5.74, 6) is 0. The molecule has 0 aliphatic heterocycles. The van der Waals surface area contributed by atoms with Gasteiger partial charge in [0.25, 0.3) is 0 Å². The second kappa shape index (κ2) is 2.88. The predicted molar refractivity (Wildman–Crippen MR) is 24.4 cm³/mol. The Balaban J connectivity index is 2.81. The second-order valence-electron chi connectivity index (χ2n) is 1.26. The van der Waals surface area contributed by atoms with Gasteiger partial charge in [-0.15, -0.1) is 0 Å². The Morgan fingerprint density at radius 2 is 2.17 bits per heavy atom. The van der Waals surface area contributed by atoms with Gasteiger partial charge in [-0.1, -0.05) is 0 Å². The molecule has 0 fully saturated rings. The van der Waals surface area contributed by atoms with E-state index >= 15 is 0 Å². The monoisotopic (exact) mass is 84.1 g/mol. The quantitative estimate of drug-likeness (QED) is 0.356. The molecular weight excluding hydrogens is 76.9 g/mol. The molecule has 0 aromatic rings. The average Bonchev–Trinajstić information content (AvgIpc) is 1.35. The first-order valence-electron chi connectivity index (χ1n) is 1.83. The SMILES string of the molecule is [B]=NOC(C)C. The predicted octanol–water partition coefficient (Wildman–Crippen LogP) is 0.678. The third-order valence-corrected chi connectivity index (χ3v) is 0.272. The molecule has 33 valence electrons. The van der Waals surface area contributed by atoms with Crippen LogP contribution in [0.15, 0.2) is 5.06 Å². The van der Waals surface area contributed by atoms with Crippen LogP contribution in [0.3, 0.4) is 0 Å². The van der Waals surface area contributed by atoms with Crippen molar-refractivity contribution in [3.63, 3.8) is 0 Å². The van der Waals surface area contributed by atoms with E-state index in [1.54, 1.807) is 0 Å². The Kier molecular flexibility index (Phi) is 2.72. The molecule has 6 heavy (non-hydrogen) atoms. The minimum absolute atomic E-state index is 0.106. The summed E-state index contributed by atoms with van der Waals surface area (Å²) in [6.07, 6.45) is 0.106. The van der Waals surface area contributed by atoms with Crippen LogP contribution in [0.5, 0.6) is 0 Å². The van der Waals surface area contributed by atoms with E-state index < -0.39 is 0 Å². The van der Waals surface area contributed by atoms with Crippen molar-refractivity contribution in [1.29, 1.82) is 0 Å². The fourth-order valence-corrected chi connectivity index (χ4v) is 0.122. The van der Waals surface area contributed by atoms with Crippen molar-refractivity contribution in [3.05, 3.63) is 0 Å². The number of hydrogen-bond donors (Lipinski definition) is 0. The molecule has 2 nitrogen and oxygen atoms in total. The molecule has 0 N–H and O–H groups in total. The third-order valence-electron chi connectivity index (χ3n) is 0.272. The minimum atomic E-state index is 0.106. The number of nitrogens with zero attached hydrogens (tertiary/aromatic N) is 1. The van der Waals surface area contributed by atoms with Gasteiger partial charge < -0.3 is 0 Å². The Bertz CT molecular complexity index is 46.1. The van der Waals surface area contributed by atoms with Crippen LogP contribution in [0, 0.1) is 0 Å². The van der Waals surface area contributed by atoms with Crippen LogP contribution in [0.2, 0.25) is 0 Å². The van der Waals surface area contributed by atoms with E-state index in [0.29, 0.717) is 0 Å². The van der Waals surface area contributed by atoms with Gasteiger partial charge in [0.2, 0.25) is 0 Å². The van der Waals surface area contributed by atoms with Gasteiger partial charge in [-0.25, -0.2) is 0 Å². The van der Waals surface area contributed by atoms with Crippen molar-refractivity contribution in [2.24, 2.45) is 5.06 Å². The molecule has 0 spiro atoms. The van der Waals surface area contributed by atoms with Gasteiger partial charge in [0.05, 0.1) is 0 Å². The summed E-state index contributed by atoms with van der Waals surface area (Å²) in [7, 11) is 4.63. The van der Waals surface area contributed by atoms with Gasteiger partial charge in [0.15, 0.2) is 0 Å². The topological polar surface area (TPSA) is 21.6 Å². The summed E-state index contributed by atoms with van der Waals surface area (Å²) in [6, 6.07) is 0. The van der Waals surface area contributed by atoms with Crippen LogP contribution in [0.1, 0.15) is 13.8 Å². The van der Waals surface area contributed by atoms with E-state index in [2.05, 4.69) is 17.5 Å². The number of rotatable bonds is 2. The van der Waals surface area contributed by atoms with Gasteiger partial charge >= 0.3 is 37.5 Å². The molecule has 0 aromatic carbocycles. The molecule has 3 heteroatoms. The van der Waals surface area contributed by atoms with Crippen LogP contribution in [0.4, 0.5) is 0 Å².